The first-order chi connectivity index (χ1) is 18.8. The van der Waals surface area contributed by atoms with Gasteiger partial charge >= 0.3 is 0 Å². The summed E-state index contributed by atoms with van der Waals surface area (Å²) in [6.07, 6.45) is 0. The molecule has 0 aliphatic heterocycles. The third kappa shape index (κ3) is 2.98. The molecule has 8 rings (SSSR count). The van der Waals surface area contributed by atoms with E-state index in [2.05, 4.69) is 139 Å². The number of hydrogen-bond acceptors (Lipinski definition) is 1. The summed E-state index contributed by atoms with van der Waals surface area (Å²) in [6.45, 7) is 2.16. The lowest BCUT2D eigenvalue weighted by molar-refractivity contribution is 1.17. The van der Waals surface area contributed by atoms with Crippen LogP contribution in [0.4, 0.5) is 0 Å². The van der Waals surface area contributed by atoms with Gasteiger partial charge in [-0.3, -0.25) is 0 Å². The molecule has 0 radical (unpaired) electrons. The molecule has 38 heavy (non-hydrogen) atoms. The number of hydrogen-bond donors (Lipinski definition) is 0. The van der Waals surface area contributed by atoms with E-state index < -0.39 is 0 Å². The summed E-state index contributed by atoms with van der Waals surface area (Å²) in [5.74, 6) is 0. The van der Waals surface area contributed by atoms with Crippen molar-refractivity contribution in [1.29, 1.82) is 0 Å². The molecule has 0 amide bonds. The highest BCUT2D eigenvalue weighted by Gasteiger charge is 2.17. The zero-order chi connectivity index (χ0) is 25.2. The van der Waals surface area contributed by atoms with Crippen LogP contribution in [0, 0.1) is 6.92 Å². The SMILES string of the molecule is Cc1ccc2c(c1)c1ccccc1n2-c1ccccc1-c1ccc2c3ccccc3c3ccccc3c2n1. The number of aryl methyl sites for hydroxylation is 1. The second kappa shape index (κ2) is 8.03. The van der Waals surface area contributed by atoms with Gasteiger partial charge in [-0.05, 0) is 59.5 Å². The molecule has 0 unspecified atom stereocenters. The monoisotopic (exact) mass is 484 g/mol. The molecule has 2 nitrogen and oxygen atoms in total. The van der Waals surface area contributed by atoms with Gasteiger partial charge in [0, 0.05) is 27.1 Å². The van der Waals surface area contributed by atoms with Crippen LogP contribution >= 0.6 is 0 Å². The third-order valence-electron chi connectivity index (χ3n) is 7.83. The van der Waals surface area contributed by atoms with E-state index in [0.717, 1.165) is 22.5 Å². The standard InChI is InChI=1S/C36H24N2/c1-23-18-21-35-31(22-23)27-13-6-8-16-33(27)38(35)34-17-9-7-15-30(34)32-20-19-29-26-12-3-2-10-24(26)25-11-4-5-14-28(25)36(29)37-32/h2-22H,1H3. The van der Waals surface area contributed by atoms with Crippen LogP contribution in [-0.4, -0.2) is 9.55 Å². The highest BCUT2D eigenvalue weighted by atomic mass is 15.0. The van der Waals surface area contributed by atoms with Gasteiger partial charge in [-0.1, -0.05) is 96.6 Å². The summed E-state index contributed by atoms with van der Waals surface area (Å²) in [6, 6.07) is 45.8. The van der Waals surface area contributed by atoms with Gasteiger partial charge in [0.2, 0.25) is 0 Å². The Morgan fingerprint density at radius 1 is 0.474 bits per heavy atom. The molecule has 2 heterocycles. The minimum absolute atomic E-state index is 0.978. The molecular weight excluding hydrogens is 460 g/mol. The van der Waals surface area contributed by atoms with Gasteiger partial charge in [-0.15, -0.1) is 0 Å². The summed E-state index contributed by atoms with van der Waals surface area (Å²) in [7, 11) is 0. The van der Waals surface area contributed by atoms with Crippen molar-refractivity contribution in [2.45, 2.75) is 6.92 Å². The molecule has 0 fully saturated rings. The molecule has 0 saturated carbocycles. The van der Waals surface area contributed by atoms with Gasteiger partial charge in [0.1, 0.15) is 0 Å². The normalized spacial score (nSPS) is 11.8. The Balaban J connectivity index is 1.45. The quantitative estimate of drug-likeness (QED) is 0.223. The number of para-hydroxylation sites is 2. The number of fused-ring (bicyclic) bond motifs is 9. The van der Waals surface area contributed by atoms with Crippen molar-refractivity contribution < 1.29 is 0 Å². The Hall–Kier alpha value is -4.95. The van der Waals surface area contributed by atoms with Gasteiger partial charge in [0.15, 0.2) is 0 Å². The smallest absolute Gasteiger partial charge is 0.0794 e. The van der Waals surface area contributed by atoms with E-state index in [4.69, 9.17) is 4.98 Å². The van der Waals surface area contributed by atoms with E-state index in [-0.39, 0.29) is 0 Å². The molecule has 178 valence electrons. The van der Waals surface area contributed by atoms with E-state index in [1.54, 1.807) is 0 Å². The molecule has 2 aromatic heterocycles. The van der Waals surface area contributed by atoms with E-state index in [1.807, 2.05) is 0 Å². The molecule has 0 saturated heterocycles. The fourth-order valence-electron chi connectivity index (χ4n) is 6.14. The molecule has 0 N–H and O–H groups in total. The van der Waals surface area contributed by atoms with E-state index in [1.165, 1.54) is 54.3 Å². The second-order valence-corrected chi connectivity index (χ2v) is 10.1. The van der Waals surface area contributed by atoms with Crippen molar-refractivity contribution in [2.75, 3.05) is 0 Å². The second-order valence-electron chi connectivity index (χ2n) is 10.1. The Bertz CT molecular complexity index is 2170. The van der Waals surface area contributed by atoms with Gasteiger partial charge < -0.3 is 4.57 Å². The largest absolute Gasteiger partial charge is 0.309 e. The first-order valence-electron chi connectivity index (χ1n) is 13.1. The van der Waals surface area contributed by atoms with Crippen molar-refractivity contribution in [1.82, 2.24) is 9.55 Å². The van der Waals surface area contributed by atoms with Crippen molar-refractivity contribution >= 4 is 54.3 Å². The summed E-state index contributed by atoms with van der Waals surface area (Å²) in [5, 5.41) is 8.67. The lowest BCUT2D eigenvalue weighted by Gasteiger charge is -2.15. The Morgan fingerprint density at radius 3 is 1.84 bits per heavy atom. The lowest BCUT2D eigenvalue weighted by Crippen LogP contribution is -1.98. The summed E-state index contributed by atoms with van der Waals surface area (Å²) < 4.78 is 2.39. The molecule has 0 bridgehead atoms. The van der Waals surface area contributed by atoms with Gasteiger partial charge in [0.25, 0.3) is 0 Å². The summed E-state index contributed by atoms with van der Waals surface area (Å²) in [4.78, 5) is 5.36. The molecule has 0 aliphatic carbocycles. The first kappa shape index (κ1) is 21.2. The summed E-state index contributed by atoms with van der Waals surface area (Å²) in [5.41, 5.74) is 7.97. The Morgan fingerprint density at radius 2 is 1.05 bits per heavy atom. The van der Waals surface area contributed by atoms with Gasteiger partial charge in [0.05, 0.1) is 27.9 Å². The lowest BCUT2D eigenvalue weighted by atomic mass is 9.96. The molecule has 0 spiro atoms. The van der Waals surface area contributed by atoms with Crippen LogP contribution in [0.5, 0.6) is 0 Å². The number of nitrogens with zero attached hydrogens (tertiary/aromatic N) is 2. The molecule has 6 aromatic carbocycles. The maximum atomic E-state index is 5.36. The third-order valence-corrected chi connectivity index (χ3v) is 7.83. The molecule has 0 atom stereocenters. The zero-order valence-electron chi connectivity index (χ0n) is 21.0. The van der Waals surface area contributed by atoms with Crippen molar-refractivity contribution in [2.24, 2.45) is 0 Å². The van der Waals surface area contributed by atoms with E-state index >= 15 is 0 Å². The highest BCUT2D eigenvalue weighted by molar-refractivity contribution is 6.24. The minimum atomic E-state index is 0.978. The molecule has 8 aromatic rings. The highest BCUT2D eigenvalue weighted by Crippen LogP contribution is 2.38. The number of aromatic nitrogens is 2. The predicted molar refractivity (Wildman–Crippen MR) is 161 cm³/mol. The topological polar surface area (TPSA) is 17.8 Å². The number of benzene rings is 6. The van der Waals surface area contributed by atoms with Crippen molar-refractivity contribution in [3.8, 4) is 16.9 Å². The van der Waals surface area contributed by atoms with Crippen LogP contribution in [0.3, 0.4) is 0 Å². The van der Waals surface area contributed by atoms with Crippen molar-refractivity contribution in [3.05, 3.63) is 133 Å². The number of pyridine rings is 1. The zero-order valence-corrected chi connectivity index (χ0v) is 21.0. The fraction of sp³-hybridized carbons (Fsp3) is 0.0278. The molecule has 0 aliphatic rings. The average Bonchev–Trinajstić information content (AvgIpc) is 3.30. The van der Waals surface area contributed by atoms with Gasteiger partial charge in [-0.25, -0.2) is 4.98 Å². The van der Waals surface area contributed by atoms with Crippen LogP contribution < -0.4 is 0 Å². The number of rotatable bonds is 2. The van der Waals surface area contributed by atoms with Crippen LogP contribution in [0.15, 0.2) is 127 Å². The van der Waals surface area contributed by atoms with Crippen LogP contribution in [0.25, 0.3) is 71.2 Å². The van der Waals surface area contributed by atoms with E-state index in [9.17, 15) is 0 Å². The first-order valence-corrected chi connectivity index (χ1v) is 13.1. The van der Waals surface area contributed by atoms with Crippen molar-refractivity contribution in [3.63, 3.8) is 0 Å². The van der Waals surface area contributed by atoms with Crippen LogP contribution in [-0.2, 0) is 0 Å². The summed E-state index contributed by atoms with van der Waals surface area (Å²) >= 11 is 0. The maximum Gasteiger partial charge on any atom is 0.0794 e. The van der Waals surface area contributed by atoms with Crippen LogP contribution in [0.1, 0.15) is 5.56 Å². The molecular formula is C36H24N2. The van der Waals surface area contributed by atoms with E-state index in [0.29, 0.717) is 0 Å². The fourth-order valence-corrected chi connectivity index (χ4v) is 6.14. The minimum Gasteiger partial charge on any atom is -0.309 e. The van der Waals surface area contributed by atoms with Gasteiger partial charge in [-0.2, -0.15) is 0 Å². The maximum absolute atomic E-state index is 5.36. The Labute approximate surface area is 220 Å². The molecule has 2 heteroatoms. The predicted octanol–water partition coefficient (Wildman–Crippen LogP) is 9.61. The average molecular weight is 485 g/mol. The van der Waals surface area contributed by atoms with Crippen LogP contribution in [0.2, 0.25) is 0 Å². The Kier molecular flexibility index (Phi) is 4.47.